The van der Waals surface area contributed by atoms with Crippen molar-refractivity contribution < 1.29 is 160 Å². The average Bonchev–Trinajstić information content (AvgIpc) is 3.40. The van der Waals surface area contributed by atoms with Crippen LogP contribution in [0.15, 0.2) is 121 Å². The molecule has 6 aliphatic heterocycles. The molecule has 10 rings (SSSR count). The molecule has 6 saturated heterocycles. The van der Waals surface area contributed by atoms with E-state index >= 15 is 0 Å². The second-order valence-corrected chi connectivity index (χ2v) is 12.9. The molecule has 4 aromatic carbocycles. The number of rotatable bonds is 4. The van der Waals surface area contributed by atoms with Gasteiger partial charge in [-0.1, -0.05) is 121 Å². The summed E-state index contributed by atoms with van der Waals surface area (Å²) in [5.74, 6) is 0. The molecular weight excluding hydrogens is 875 g/mol. The Morgan fingerprint density at radius 1 is 0.188 bits per heavy atom. The largest absolute Gasteiger partial charge is 1.00 e. The molecule has 6 fully saturated rings. The fourth-order valence-corrected chi connectivity index (χ4v) is 4.95. The van der Waals surface area contributed by atoms with Crippen molar-refractivity contribution in [3.8, 4) is 0 Å². The van der Waals surface area contributed by atoms with E-state index < -0.39 is 0 Å². The van der Waals surface area contributed by atoms with Gasteiger partial charge in [0.2, 0.25) is 0 Å². The third-order valence-electron chi connectivity index (χ3n) is 8.01. The van der Waals surface area contributed by atoms with Gasteiger partial charge in [0.15, 0.2) is 0 Å². The van der Waals surface area contributed by atoms with Crippen LogP contribution in [0.25, 0.3) is 10.6 Å². The van der Waals surface area contributed by atoms with Gasteiger partial charge in [-0.2, -0.15) is 0 Å². The number of hydrogen-bond acceptors (Lipinski definition) is 12. The van der Waals surface area contributed by atoms with Crippen LogP contribution in [-0.4, -0.2) is 159 Å². The SMILES string of the molecule is C1COCCO1.C1COCCO1.C1COCCO1.C1COCCO1.C1COCCO1.C1COCCO1.[K+].[K+].c1ccc([N-]c2ccccc2)cc1.c1ccc([N-]c2ccccc2)cc1. The van der Waals surface area contributed by atoms with Crippen molar-refractivity contribution in [1.82, 2.24) is 0 Å². The summed E-state index contributed by atoms with van der Waals surface area (Å²) in [6.45, 7) is 18.7. The van der Waals surface area contributed by atoms with Crippen LogP contribution in [0.4, 0.5) is 22.7 Å². The minimum absolute atomic E-state index is 0. The van der Waals surface area contributed by atoms with Crippen LogP contribution >= 0.6 is 0 Å². The van der Waals surface area contributed by atoms with E-state index in [-0.39, 0.29) is 103 Å². The van der Waals surface area contributed by atoms with Crippen LogP contribution in [0.5, 0.6) is 0 Å². The van der Waals surface area contributed by atoms with Gasteiger partial charge < -0.3 is 67.5 Å². The third kappa shape index (κ3) is 39.3. The van der Waals surface area contributed by atoms with E-state index in [9.17, 15) is 0 Å². The van der Waals surface area contributed by atoms with Crippen molar-refractivity contribution in [3.63, 3.8) is 0 Å². The third-order valence-corrected chi connectivity index (χ3v) is 8.01. The zero-order valence-electron chi connectivity index (χ0n) is 38.3. The number of hydrogen-bond donors (Lipinski definition) is 0. The van der Waals surface area contributed by atoms with E-state index in [1.54, 1.807) is 0 Å². The fourth-order valence-electron chi connectivity index (χ4n) is 4.95. The Morgan fingerprint density at radius 3 is 0.391 bits per heavy atom. The van der Waals surface area contributed by atoms with Crippen molar-refractivity contribution in [2.24, 2.45) is 0 Å². The molecule has 0 spiro atoms. The zero-order chi connectivity index (χ0) is 43.3. The smallest absolute Gasteiger partial charge is 0.658 e. The Balaban J connectivity index is 0.000000374. The maximum atomic E-state index is 4.94. The summed E-state index contributed by atoms with van der Waals surface area (Å²) >= 11 is 0. The van der Waals surface area contributed by atoms with Crippen LogP contribution in [0, 0.1) is 0 Å². The molecule has 0 amide bonds. The molecule has 14 nitrogen and oxygen atoms in total. The van der Waals surface area contributed by atoms with E-state index in [1.807, 2.05) is 121 Å². The molecule has 0 atom stereocenters. The molecule has 64 heavy (non-hydrogen) atoms. The van der Waals surface area contributed by atoms with Gasteiger partial charge in [0.25, 0.3) is 0 Å². The first-order chi connectivity index (χ1) is 30.9. The molecule has 0 saturated carbocycles. The molecular formula is C48H68K2N2O12. The molecule has 0 N–H and O–H groups in total. The molecule has 344 valence electrons. The van der Waals surface area contributed by atoms with Crippen molar-refractivity contribution in [3.05, 3.63) is 132 Å². The van der Waals surface area contributed by atoms with Gasteiger partial charge in [-0.25, -0.2) is 0 Å². The van der Waals surface area contributed by atoms with Gasteiger partial charge in [0.05, 0.1) is 159 Å². The van der Waals surface area contributed by atoms with Crippen molar-refractivity contribution in [2.45, 2.75) is 0 Å². The van der Waals surface area contributed by atoms with Gasteiger partial charge in [-0.3, -0.25) is 0 Å². The maximum Gasteiger partial charge on any atom is 1.00 e. The van der Waals surface area contributed by atoms with E-state index in [0.29, 0.717) is 0 Å². The number of para-hydroxylation sites is 4. The molecule has 0 radical (unpaired) electrons. The standard InChI is InChI=1S/2C12H10N.6C4H8O2.2K/c2*1-3-7-11(8-4-1)13-12-9-5-2-6-10-12;6*1-2-6-4-3-5-1;;/h2*1-10H;6*1-4H2;;/q2*-1;;;;;;;2*+1. The second-order valence-electron chi connectivity index (χ2n) is 12.9. The normalized spacial score (nSPS) is 17.4. The molecule has 0 aliphatic carbocycles. The zero-order valence-corrected chi connectivity index (χ0v) is 44.6. The molecule has 6 heterocycles. The summed E-state index contributed by atoms with van der Waals surface area (Å²) in [5, 5.41) is 8.88. The predicted octanol–water partition coefficient (Wildman–Crippen LogP) is 2.25. The van der Waals surface area contributed by atoms with E-state index in [4.69, 9.17) is 56.8 Å². The Kier molecular flexibility index (Phi) is 46.7. The molecule has 4 aromatic rings. The van der Waals surface area contributed by atoms with Crippen molar-refractivity contribution in [2.75, 3.05) is 159 Å². The minimum atomic E-state index is 0. The molecule has 0 unspecified atom stereocenters. The van der Waals surface area contributed by atoms with Crippen LogP contribution in [0.1, 0.15) is 0 Å². The molecule has 0 bridgehead atoms. The Labute approximate surface area is 467 Å². The second kappa shape index (κ2) is 48.7. The minimum Gasteiger partial charge on any atom is -0.658 e. The van der Waals surface area contributed by atoms with Crippen LogP contribution < -0.4 is 103 Å². The first-order valence-corrected chi connectivity index (χ1v) is 21.5. The number of ether oxygens (including phenoxy) is 12. The van der Waals surface area contributed by atoms with E-state index in [0.717, 1.165) is 181 Å². The Bertz CT molecular complexity index is 1160. The fraction of sp³-hybridized carbons (Fsp3) is 0.500. The van der Waals surface area contributed by atoms with Gasteiger partial charge >= 0.3 is 103 Å². The monoisotopic (exact) mass is 942 g/mol. The first-order valence-electron chi connectivity index (χ1n) is 21.5. The van der Waals surface area contributed by atoms with E-state index in [2.05, 4.69) is 10.6 Å². The Morgan fingerprint density at radius 2 is 0.297 bits per heavy atom. The van der Waals surface area contributed by atoms with Crippen molar-refractivity contribution >= 4 is 22.7 Å². The summed E-state index contributed by atoms with van der Waals surface area (Å²) < 4.78 is 59.3. The molecule has 6 aliphatic rings. The van der Waals surface area contributed by atoms with Gasteiger partial charge in [-0.05, 0) is 0 Å². The summed E-state index contributed by atoms with van der Waals surface area (Å²) in [6, 6.07) is 39.8. The summed E-state index contributed by atoms with van der Waals surface area (Å²) in [6.07, 6.45) is 0. The van der Waals surface area contributed by atoms with Crippen LogP contribution in [-0.2, 0) is 56.8 Å². The van der Waals surface area contributed by atoms with Gasteiger partial charge in [-0.15, -0.1) is 22.7 Å². The van der Waals surface area contributed by atoms with Gasteiger partial charge in [0, 0.05) is 0 Å². The first kappa shape index (κ1) is 61.3. The average molecular weight is 943 g/mol. The maximum absolute atomic E-state index is 4.94. The predicted molar refractivity (Wildman–Crippen MR) is 241 cm³/mol. The van der Waals surface area contributed by atoms with E-state index in [1.165, 1.54) is 0 Å². The summed E-state index contributed by atoms with van der Waals surface area (Å²) in [5.41, 5.74) is 3.98. The topological polar surface area (TPSA) is 139 Å². The molecule has 16 heteroatoms. The number of benzene rings is 4. The van der Waals surface area contributed by atoms with Crippen LogP contribution in [0.3, 0.4) is 0 Å². The molecule has 0 aromatic heterocycles. The summed E-state index contributed by atoms with van der Waals surface area (Å²) in [7, 11) is 0. The van der Waals surface area contributed by atoms with Crippen molar-refractivity contribution in [1.29, 1.82) is 0 Å². The van der Waals surface area contributed by atoms with Gasteiger partial charge in [0.1, 0.15) is 0 Å². The number of nitrogens with zero attached hydrogens (tertiary/aromatic N) is 2. The summed E-state index contributed by atoms with van der Waals surface area (Å²) in [4.78, 5) is 0. The quantitative estimate of drug-likeness (QED) is 0.278. The Hall–Kier alpha value is -0.727. The van der Waals surface area contributed by atoms with Crippen LogP contribution in [0.2, 0.25) is 0 Å².